The van der Waals surface area contributed by atoms with E-state index in [1.54, 1.807) is 25.2 Å². The van der Waals surface area contributed by atoms with E-state index in [-0.39, 0.29) is 5.56 Å². The molecule has 8 heteroatoms. The van der Waals surface area contributed by atoms with Gasteiger partial charge < -0.3 is 14.6 Å². The van der Waals surface area contributed by atoms with Gasteiger partial charge in [0.15, 0.2) is 0 Å². The molecule has 3 heterocycles. The summed E-state index contributed by atoms with van der Waals surface area (Å²) in [4.78, 5) is 26.8. The van der Waals surface area contributed by atoms with E-state index >= 15 is 4.39 Å². The number of halogens is 1. The minimum atomic E-state index is -0.471. The fourth-order valence-corrected chi connectivity index (χ4v) is 5.30. The van der Waals surface area contributed by atoms with Crippen molar-refractivity contribution in [3.05, 3.63) is 111 Å². The molecular formula is C29H25FN4O3. The van der Waals surface area contributed by atoms with Crippen molar-refractivity contribution in [2.24, 2.45) is 14.1 Å². The Hall–Kier alpha value is -4.59. The first-order valence-corrected chi connectivity index (χ1v) is 12.1. The number of hydrogen-bond acceptors (Lipinski definition) is 4. The molecule has 3 aromatic carbocycles. The van der Waals surface area contributed by atoms with Gasteiger partial charge in [-0.2, -0.15) is 0 Å². The molecule has 0 bridgehead atoms. The lowest BCUT2D eigenvalue weighted by Gasteiger charge is -2.31. The van der Waals surface area contributed by atoms with Crippen molar-refractivity contribution in [3.63, 3.8) is 0 Å². The second-order valence-electron chi connectivity index (χ2n) is 9.08. The molecular weight excluding hydrogens is 471 g/mol. The van der Waals surface area contributed by atoms with Gasteiger partial charge in [0.2, 0.25) is 0 Å². The molecule has 37 heavy (non-hydrogen) atoms. The zero-order valence-electron chi connectivity index (χ0n) is 20.7. The van der Waals surface area contributed by atoms with E-state index in [0.717, 1.165) is 27.3 Å². The lowest BCUT2D eigenvalue weighted by atomic mass is 9.99. The number of para-hydroxylation sites is 2. The van der Waals surface area contributed by atoms with Crippen LogP contribution in [-0.4, -0.2) is 20.3 Å². The van der Waals surface area contributed by atoms with Gasteiger partial charge in [-0.05, 0) is 48.9 Å². The Morgan fingerprint density at radius 3 is 2.35 bits per heavy atom. The molecule has 1 atom stereocenters. The summed E-state index contributed by atoms with van der Waals surface area (Å²) in [6.07, 6.45) is 0. The number of aryl methyl sites for hydroxylation is 1. The smallest absolute Gasteiger partial charge is 0.331 e. The number of anilines is 1. The van der Waals surface area contributed by atoms with E-state index in [9.17, 15) is 9.59 Å². The molecule has 0 radical (unpaired) electrons. The third-order valence-corrected chi connectivity index (χ3v) is 6.98. The van der Waals surface area contributed by atoms with Gasteiger partial charge in [0.25, 0.3) is 5.56 Å². The number of nitrogens with one attached hydrogen (secondary N) is 1. The predicted octanol–water partition coefficient (Wildman–Crippen LogP) is 4.75. The number of ether oxygens (including phenoxy) is 1. The van der Waals surface area contributed by atoms with E-state index in [4.69, 9.17) is 4.74 Å². The molecule has 1 aliphatic rings. The predicted molar refractivity (Wildman–Crippen MR) is 142 cm³/mol. The third-order valence-electron chi connectivity index (χ3n) is 6.98. The Balaban J connectivity index is 1.80. The number of benzene rings is 3. The summed E-state index contributed by atoms with van der Waals surface area (Å²) in [7, 11) is 3.09. The first kappa shape index (κ1) is 22.8. The maximum absolute atomic E-state index is 15.4. The standard InChI is InChI=1S/C29H25FN4O3/c1-4-37-18-15-13-17(14-16-18)24-27-26-23(28(35)33(3)29(36)32(26)2)25(19-9-5-6-10-20(19)30)34(27)22-12-8-7-11-21(22)31-24/h5-16,24,31H,4H2,1-3H3/t24-/m0/s1. The van der Waals surface area contributed by atoms with Crippen molar-refractivity contribution in [2.45, 2.75) is 13.0 Å². The van der Waals surface area contributed by atoms with Crippen LogP contribution >= 0.6 is 0 Å². The van der Waals surface area contributed by atoms with Gasteiger partial charge >= 0.3 is 5.69 Å². The van der Waals surface area contributed by atoms with Crippen molar-refractivity contribution in [1.29, 1.82) is 0 Å². The summed E-state index contributed by atoms with van der Waals surface area (Å²) in [6.45, 7) is 2.48. The SMILES string of the molecule is CCOc1ccc([C@@H]2Nc3ccccc3-n3c(-c4ccccc4F)c4c(=O)n(C)c(=O)n(C)c4c32)cc1. The van der Waals surface area contributed by atoms with Crippen LogP contribution in [0.2, 0.25) is 0 Å². The minimum Gasteiger partial charge on any atom is -0.494 e. The monoisotopic (exact) mass is 496 g/mol. The van der Waals surface area contributed by atoms with Crippen LogP contribution in [0.5, 0.6) is 5.75 Å². The van der Waals surface area contributed by atoms with Gasteiger partial charge in [0.05, 0.1) is 46.3 Å². The zero-order valence-corrected chi connectivity index (χ0v) is 20.7. The molecule has 0 aliphatic carbocycles. The number of rotatable bonds is 4. The minimum absolute atomic E-state index is 0.289. The maximum atomic E-state index is 15.4. The fourth-order valence-electron chi connectivity index (χ4n) is 5.30. The lowest BCUT2D eigenvalue weighted by Crippen LogP contribution is -2.37. The quantitative estimate of drug-likeness (QED) is 0.390. The average Bonchev–Trinajstić information content (AvgIpc) is 3.27. The van der Waals surface area contributed by atoms with Gasteiger partial charge in [-0.15, -0.1) is 0 Å². The molecule has 5 aromatic rings. The van der Waals surface area contributed by atoms with Crippen LogP contribution in [0.25, 0.3) is 27.8 Å². The average molecular weight is 497 g/mol. The Bertz CT molecular complexity index is 1800. The van der Waals surface area contributed by atoms with Gasteiger partial charge in [0.1, 0.15) is 11.6 Å². The molecule has 0 spiro atoms. The zero-order chi connectivity index (χ0) is 25.8. The molecule has 1 aliphatic heterocycles. The normalized spacial score (nSPS) is 14.2. The van der Waals surface area contributed by atoms with Gasteiger partial charge in [0, 0.05) is 19.7 Å². The largest absolute Gasteiger partial charge is 0.494 e. The Kier molecular flexibility index (Phi) is 5.26. The lowest BCUT2D eigenvalue weighted by molar-refractivity contribution is 0.340. The van der Waals surface area contributed by atoms with E-state index in [2.05, 4.69) is 5.32 Å². The molecule has 1 N–H and O–H groups in total. The molecule has 2 aromatic heterocycles. The van der Waals surface area contributed by atoms with Crippen LogP contribution in [0.4, 0.5) is 10.1 Å². The van der Waals surface area contributed by atoms with Crippen LogP contribution in [0.15, 0.2) is 82.4 Å². The molecule has 0 unspecified atom stereocenters. The molecule has 0 amide bonds. The first-order chi connectivity index (χ1) is 17.9. The maximum Gasteiger partial charge on any atom is 0.331 e. The van der Waals surface area contributed by atoms with Crippen LogP contribution in [0.3, 0.4) is 0 Å². The highest BCUT2D eigenvalue weighted by Gasteiger charge is 2.35. The summed E-state index contributed by atoms with van der Waals surface area (Å²) >= 11 is 0. The van der Waals surface area contributed by atoms with Gasteiger partial charge in [-0.3, -0.25) is 13.9 Å². The molecule has 186 valence electrons. The van der Waals surface area contributed by atoms with Crippen molar-refractivity contribution in [3.8, 4) is 22.7 Å². The summed E-state index contributed by atoms with van der Waals surface area (Å²) in [5, 5.41) is 3.88. The van der Waals surface area contributed by atoms with Crippen LogP contribution in [0.1, 0.15) is 24.2 Å². The van der Waals surface area contributed by atoms with Gasteiger partial charge in [-0.25, -0.2) is 9.18 Å². The number of fused-ring (bicyclic) bond motifs is 5. The van der Waals surface area contributed by atoms with Crippen LogP contribution in [-0.2, 0) is 14.1 Å². The van der Waals surface area contributed by atoms with E-state index in [0.29, 0.717) is 28.9 Å². The van der Waals surface area contributed by atoms with Crippen LogP contribution < -0.4 is 21.3 Å². The fraction of sp³-hybridized carbons (Fsp3) is 0.172. The molecule has 0 saturated heterocycles. The van der Waals surface area contributed by atoms with E-state index in [1.165, 1.54) is 17.7 Å². The molecule has 7 nitrogen and oxygen atoms in total. The highest BCUT2D eigenvalue weighted by molar-refractivity contribution is 5.99. The summed E-state index contributed by atoms with van der Waals surface area (Å²) in [6, 6.07) is 21.4. The molecule has 0 fully saturated rings. The molecule has 0 saturated carbocycles. The highest BCUT2D eigenvalue weighted by Crippen LogP contribution is 2.45. The summed E-state index contributed by atoms with van der Waals surface area (Å²) < 4.78 is 25.5. The Morgan fingerprint density at radius 1 is 0.919 bits per heavy atom. The van der Waals surface area contributed by atoms with Crippen LogP contribution in [0, 0.1) is 5.82 Å². The Labute approximate surface area is 212 Å². The third kappa shape index (κ3) is 3.32. The number of hydrogen-bond donors (Lipinski definition) is 1. The second-order valence-corrected chi connectivity index (χ2v) is 9.08. The first-order valence-electron chi connectivity index (χ1n) is 12.1. The summed E-state index contributed by atoms with van der Waals surface area (Å²) in [5.41, 5.74) is 3.45. The highest BCUT2D eigenvalue weighted by atomic mass is 19.1. The topological polar surface area (TPSA) is 70.2 Å². The van der Waals surface area contributed by atoms with Crippen molar-refractivity contribution < 1.29 is 9.13 Å². The summed E-state index contributed by atoms with van der Waals surface area (Å²) in [5.74, 6) is 0.297. The molecule has 6 rings (SSSR count). The van der Waals surface area contributed by atoms with Crippen molar-refractivity contribution >= 4 is 16.6 Å². The second kappa shape index (κ2) is 8.51. The van der Waals surface area contributed by atoms with Crippen molar-refractivity contribution in [2.75, 3.05) is 11.9 Å². The van der Waals surface area contributed by atoms with E-state index < -0.39 is 23.1 Å². The number of nitrogens with zero attached hydrogens (tertiary/aromatic N) is 3. The number of aromatic nitrogens is 3. The van der Waals surface area contributed by atoms with E-state index in [1.807, 2.05) is 60.0 Å². The Morgan fingerprint density at radius 2 is 1.62 bits per heavy atom. The van der Waals surface area contributed by atoms with Gasteiger partial charge in [-0.1, -0.05) is 36.4 Å². The van der Waals surface area contributed by atoms with Crippen molar-refractivity contribution in [1.82, 2.24) is 13.7 Å².